The van der Waals surface area contributed by atoms with Crippen molar-refractivity contribution in [1.82, 2.24) is 9.88 Å². The summed E-state index contributed by atoms with van der Waals surface area (Å²) in [7, 11) is 0. The smallest absolute Gasteiger partial charge is 0.338 e. The van der Waals surface area contributed by atoms with Gasteiger partial charge in [0, 0.05) is 44.6 Å². The molecule has 0 N–H and O–H groups in total. The number of benzene rings is 1. The summed E-state index contributed by atoms with van der Waals surface area (Å²) in [6, 6.07) is 7.73. The zero-order valence-corrected chi connectivity index (χ0v) is 15.4. The number of nitro benzene ring substituents is 1. The highest BCUT2D eigenvalue weighted by molar-refractivity contribution is 5.94. The molecule has 0 aliphatic carbocycles. The second-order valence-electron chi connectivity index (χ2n) is 6.20. The van der Waals surface area contributed by atoms with Gasteiger partial charge in [-0.3, -0.25) is 19.9 Å². The highest BCUT2D eigenvalue weighted by Crippen LogP contribution is 2.30. The minimum absolute atomic E-state index is 0.111. The molecular weight excluding hydrogens is 364 g/mol. The van der Waals surface area contributed by atoms with Gasteiger partial charge in [0.15, 0.2) is 0 Å². The molecule has 1 fully saturated rings. The Labute approximate surface area is 161 Å². The van der Waals surface area contributed by atoms with E-state index in [-0.39, 0.29) is 23.8 Å². The lowest BCUT2D eigenvalue weighted by Gasteiger charge is -2.35. The lowest BCUT2D eigenvalue weighted by molar-refractivity contribution is -0.384. The molecule has 9 nitrogen and oxygen atoms in total. The van der Waals surface area contributed by atoms with Crippen molar-refractivity contribution in [1.29, 1.82) is 0 Å². The Morgan fingerprint density at radius 1 is 1.18 bits per heavy atom. The van der Waals surface area contributed by atoms with Gasteiger partial charge in [0.1, 0.15) is 5.69 Å². The zero-order chi connectivity index (χ0) is 20.1. The summed E-state index contributed by atoms with van der Waals surface area (Å²) in [4.78, 5) is 42.9. The molecule has 0 spiro atoms. The standard InChI is InChI=1S/C19H20N4O5/c1-2-28-19(25)14-5-6-16(17(12-14)23(26)27)21-8-10-22(11-9-21)18(24)15-4-3-7-20-13-15/h3-7,12-13H,2,8-11H2,1H3. The van der Waals surface area contributed by atoms with E-state index in [9.17, 15) is 19.7 Å². The van der Waals surface area contributed by atoms with Gasteiger partial charge >= 0.3 is 5.97 Å². The molecule has 1 aromatic carbocycles. The molecule has 1 aromatic heterocycles. The average Bonchev–Trinajstić information content (AvgIpc) is 2.73. The molecule has 3 rings (SSSR count). The van der Waals surface area contributed by atoms with Crippen LogP contribution in [0.2, 0.25) is 0 Å². The van der Waals surface area contributed by atoms with Crippen molar-refractivity contribution in [3.63, 3.8) is 0 Å². The highest BCUT2D eigenvalue weighted by Gasteiger charge is 2.27. The van der Waals surface area contributed by atoms with Gasteiger partial charge in [-0.25, -0.2) is 4.79 Å². The summed E-state index contributed by atoms with van der Waals surface area (Å²) in [6.45, 7) is 3.64. The molecular formula is C19H20N4O5. The second kappa shape index (κ2) is 8.47. The zero-order valence-electron chi connectivity index (χ0n) is 15.4. The third-order valence-electron chi connectivity index (χ3n) is 4.50. The third-order valence-corrected chi connectivity index (χ3v) is 4.50. The van der Waals surface area contributed by atoms with Crippen LogP contribution in [0.25, 0.3) is 0 Å². The topological polar surface area (TPSA) is 106 Å². The molecule has 2 aromatic rings. The maximum Gasteiger partial charge on any atom is 0.338 e. The van der Waals surface area contributed by atoms with E-state index in [4.69, 9.17) is 4.74 Å². The lowest BCUT2D eigenvalue weighted by Crippen LogP contribution is -2.49. The first-order chi connectivity index (χ1) is 13.5. The van der Waals surface area contributed by atoms with Crippen LogP contribution >= 0.6 is 0 Å². The molecule has 0 radical (unpaired) electrons. The van der Waals surface area contributed by atoms with E-state index < -0.39 is 10.9 Å². The summed E-state index contributed by atoms with van der Waals surface area (Å²) in [5.41, 5.74) is 0.924. The number of nitrogens with zero attached hydrogens (tertiary/aromatic N) is 4. The quantitative estimate of drug-likeness (QED) is 0.442. The second-order valence-corrected chi connectivity index (χ2v) is 6.20. The van der Waals surface area contributed by atoms with Crippen LogP contribution in [-0.4, -0.2) is 59.5 Å². The Bertz CT molecular complexity index is 879. The van der Waals surface area contributed by atoms with Crippen LogP contribution in [0.15, 0.2) is 42.7 Å². The van der Waals surface area contributed by atoms with Gasteiger partial charge in [-0.1, -0.05) is 0 Å². The number of carbonyl (C=O) groups is 2. The van der Waals surface area contributed by atoms with Crippen molar-refractivity contribution in [2.24, 2.45) is 0 Å². The van der Waals surface area contributed by atoms with Gasteiger partial charge in [-0.2, -0.15) is 0 Å². The lowest BCUT2D eigenvalue weighted by atomic mass is 10.1. The van der Waals surface area contributed by atoms with E-state index in [0.29, 0.717) is 37.4 Å². The molecule has 0 saturated carbocycles. The number of hydrogen-bond donors (Lipinski definition) is 0. The van der Waals surface area contributed by atoms with Crippen LogP contribution < -0.4 is 4.90 Å². The fraction of sp³-hybridized carbons (Fsp3) is 0.316. The summed E-state index contributed by atoms with van der Waals surface area (Å²) >= 11 is 0. The molecule has 1 amide bonds. The first-order valence-electron chi connectivity index (χ1n) is 8.91. The summed E-state index contributed by atoms with van der Waals surface area (Å²) in [5, 5.41) is 11.5. The Balaban J connectivity index is 1.74. The van der Waals surface area contributed by atoms with E-state index in [1.54, 1.807) is 36.2 Å². The maximum atomic E-state index is 12.5. The van der Waals surface area contributed by atoms with Crippen LogP contribution in [0.3, 0.4) is 0 Å². The molecule has 0 unspecified atom stereocenters. The molecule has 1 aliphatic heterocycles. The monoisotopic (exact) mass is 384 g/mol. The number of carbonyl (C=O) groups excluding carboxylic acids is 2. The summed E-state index contributed by atoms with van der Waals surface area (Å²) in [5.74, 6) is -0.705. The SMILES string of the molecule is CCOC(=O)c1ccc(N2CCN(C(=O)c3cccnc3)CC2)c([N+](=O)[O-])c1. The summed E-state index contributed by atoms with van der Waals surface area (Å²) in [6.07, 6.45) is 3.13. The largest absolute Gasteiger partial charge is 0.462 e. The molecule has 9 heteroatoms. The minimum Gasteiger partial charge on any atom is -0.462 e. The van der Waals surface area contributed by atoms with Crippen molar-refractivity contribution in [2.75, 3.05) is 37.7 Å². The van der Waals surface area contributed by atoms with Gasteiger partial charge < -0.3 is 14.5 Å². The van der Waals surface area contributed by atoms with E-state index >= 15 is 0 Å². The molecule has 1 saturated heterocycles. The number of nitro groups is 1. The number of hydrogen-bond acceptors (Lipinski definition) is 7. The van der Waals surface area contributed by atoms with Crippen molar-refractivity contribution in [3.05, 3.63) is 64.0 Å². The van der Waals surface area contributed by atoms with Crippen molar-refractivity contribution >= 4 is 23.3 Å². The van der Waals surface area contributed by atoms with E-state index in [1.807, 2.05) is 4.90 Å². The molecule has 1 aliphatic rings. The van der Waals surface area contributed by atoms with E-state index in [2.05, 4.69) is 4.98 Å². The Hall–Kier alpha value is -3.49. The number of anilines is 1. The Morgan fingerprint density at radius 2 is 1.93 bits per heavy atom. The molecule has 28 heavy (non-hydrogen) atoms. The van der Waals surface area contributed by atoms with Crippen LogP contribution in [0.1, 0.15) is 27.6 Å². The number of amides is 1. The number of pyridine rings is 1. The fourth-order valence-corrected chi connectivity index (χ4v) is 3.10. The number of rotatable bonds is 5. The van der Waals surface area contributed by atoms with E-state index in [1.165, 1.54) is 18.3 Å². The van der Waals surface area contributed by atoms with Crippen LogP contribution in [-0.2, 0) is 4.74 Å². The first kappa shape index (κ1) is 19.3. The van der Waals surface area contributed by atoms with Crippen LogP contribution in [0.4, 0.5) is 11.4 Å². The number of esters is 1. The first-order valence-corrected chi connectivity index (χ1v) is 8.91. The molecule has 2 heterocycles. The fourth-order valence-electron chi connectivity index (χ4n) is 3.10. The average molecular weight is 384 g/mol. The van der Waals surface area contributed by atoms with E-state index in [0.717, 1.165) is 0 Å². The van der Waals surface area contributed by atoms with Crippen molar-refractivity contribution < 1.29 is 19.2 Å². The van der Waals surface area contributed by atoms with Gasteiger partial charge in [0.25, 0.3) is 11.6 Å². The maximum absolute atomic E-state index is 12.5. The third kappa shape index (κ3) is 4.08. The molecule has 0 atom stereocenters. The number of ether oxygens (including phenoxy) is 1. The number of piperazine rings is 1. The van der Waals surface area contributed by atoms with Gasteiger partial charge in [0.05, 0.1) is 22.7 Å². The number of aromatic nitrogens is 1. The normalized spacial score (nSPS) is 13.9. The summed E-state index contributed by atoms with van der Waals surface area (Å²) < 4.78 is 4.91. The predicted molar refractivity (Wildman–Crippen MR) is 101 cm³/mol. The van der Waals surface area contributed by atoms with Crippen LogP contribution in [0, 0.1) is 10.1 Å². The minimum atomic E-state index is -0.593. The van der Waals surface area contributed by atoms with Crippen molar-refractivity contribution in [2.45, 2.75) is 6.92 Å². The van der Waals surface area contributed by atoms with Crippen molar-refractivity contribution in [3.8, 4) is 0 Å². The molecule has 146 valence electrons. The van der Waals surface area contributed by atoms with Gasteiger partial charge in [-0.15, -0.1) is 0 Å². The highest BCUT2D eigenvalue weighted by atomic mass is 16.6. The Kier molecular flexibility index (Phi) is 5.83. The Morgan fingerprint density at radius 3 is 2.54 bits per heavy atom. The van der Waals surface area contributed by atoms with Crippen LogP contribution in [0.5, 0.6) is 0 Å². The molecule has 0 bridgehead atoms. The van der Waals surface area contributed by atoms with Gasteiger partial charge in [-0.05, 0) is 31.2 Å². The van der Waals surface area contributed by atoms with Gasteiger partial charge in [0.2, 0.25) is 0 Å². The predicted octanol–water partition coefficient (Wildman–Crippen LogP) is 2.13.